The first-order chi connectivity index (χ1) is 8.31. The highest BCUT2D eigenvalue weighted by Gasteiger charge is 2.28. The second kappa shape index (κ2) is 4.62. The lowest BCUT2D eigenvalue weighted by Gasteiger charge is -2.18. The molecule has 1 nitrogen and oxygen atoms in total. The van der Waals surface area contributed by atoms with Crippen LogP contribution in [0.15, 0.2) is 6.07 Å². The summed E-state index contributed by atoms with van der Waals surface area (Å²) in [5.41, 5.74) is 6.20. The fourth-order valence-electron chi connectivity index (χ4n) is 3.51. The van der Waals surface area contributed by atoms with Gasteiger partial charge in [0.25, 0.3) is 0 Å². The van der Waals surface area contributed by atoms with E-state index in [1.54, 1.807) is 11.1 Å². The molecular weight excluding hydrogens is 230 g/mol. The molecule has 1 unspecified atom stereocenters. The van der Waals surface area contributed by atoms with Gasteiger partial charge in [-0.2, -0.15) is 0 Å². The van der Waals surface area contributed by atoms with E-state index < -0.39 is 0 Å². The van der Waals surface area contributed by atoms with Crippen LogP contribution in [0.3, 0.4) is 0 Å². The van der Waals surface area contributed by atoms with E-state index in [4.69, 9.17) is 11.6 Å². The van der Waals surface area contributed by atoms with Crippen molar-refractivity contribution in [2.45, 2.75) is 44.9 Å². The standard InChI is InChI=1S/C15H20ClN/c1-2-10-3-4-13-14(16)9-11-5-7-17-8-6-12(11)15(10)13/h9-10,17H,2-8H2,1H3. The number of benzene rings is 1. The number of rotatable bonds is 1. The van der Waals surface area contributed by atoms with Gasteiger partial charge in [-0.15, -0.1) is 0 Å². The van der Waals surface area contributed by atoms with Crippen molar-refractivity contribution in [2.75, 3.05) is 13.1 Å². The smallest absolute Gasteiger partial charge is 0.0443 e. The molecule has 0 aromatic heterocycles. The predicted octanol–water partition coefficient (Wildman–Crippen LogP) is 3.47. The minimum atomic E-state index is 0.760. The highest BCUT2D eigenvalue weighted by molar-refractivity contribution is 6.31. The van der Waals surface area contributed by atoms with Crippen LogP contribution in [0.1, 0.15) is 47.9 Å². The van der Waals surface area contributed by atoms with Gasteiger partial charge in [0.1, 0.15) is 0 Å². The Kier molecular flexibility index (Phi) is 3.14. The fourth-order valence-corrected chi connectivity index (χ4v) is 3.84. The van der Waals surface area contributed by atoms with Crippen LogP contribution in [0.25, 0.3) is 0 Å². The average molecular weight is 250 g/mol. The minimum Gasteiger partial charge on any atom is -0.316 e. The highest BCUT2D eigenvalue weighted by atomic mass is 35.5. The second-order valence-corrected chi connectivity index (χ2v) is 5.69. The molecule has 1 aliphatic heterocycles. The molecule has 1 aromatic carbocycles. The molecule has 0 amide bonds. The first kappa shape index (κ1) is 11.6. The Morgan fingerprint density at radius 1 is 1.24 bits per heavy atom. The van der Waals surface area contributed by atoms with Crippen molar-refractivity contribution < 1.29 is 0 Å². The van der Waals surface area contributed by atoms with Crippen LogP contribution >= 0.6 is 11.6 Å². The van der Waals surface area contributed by atoms with Crippen LogP contribution in [0, 0.1) is 0 Å². The van der Waals surface area contributed by atoms with Crippen LogP contribution < -0.4 is 5.32 Å². The van der Waals surface area contributed by atoms with E-state index in [0.29, 0.717) is 0 Å². The Morgan fingerprint density at radius 3 is 2.88 bits per heavy atom. The molecule has 0 radical (unpaired) electrons. The van der Waals surface area contributed by atoms with Gasteiger partial charge in [0.2, 0.25) is 0 Å². The number of nitrogens with one attached hydrogen (secondary N) is 1. The molecule has 2 aliphatic rings. The Morgan fingerprint density at radius 2 is 2.06 bits per heavy atom. The number of hydrogen-bond acceptors (Lipinski definition) is 1. The highest BCUT2D eigenvalue weighted by Crippen LogP contribution is 2.43. The Bertz CT molecular complexity index is 439. The van der Waals surface area contributed by atoms with Crippen LogP contribution in [0.5, 0.6) is 0 Å². The Labute approximate surface area is 109 Å². The topological polar surface area (TPSA) is 12.0 Å². The molecule has 0 spiro atoms. The van der Waals surface area contributed by atoms with Gasteiger partial charge in [0.05, 0.1) is 0 Å². The third kappa shape index (κ3) is 1.90. The van der Waals surface area contributed by atoms with Crippen molar-refractivity contribution >= 4 is 11.6 Å². The Hall–Kier alpha value is -0.530. The van der Waals surface area contributed by atoms with Gasteiger partial charge in [-0.25, -0.2) is 0 Å². The number of fused-ring (bicyclic) bond motifs is 3. The van der Waals surface area contributed by atoms with E-state index in [-0.39, 0.29) is 0 Å². The second-order valence-electron chi connectivity index (χ2n) is 5.28. The average Bonchev–Trinajstić information content (AvgIpc) is 2.63. The summed E-state index contributed by atoms with van der Waals surface area (Å²) in [7, 11) is 0. The quantitative estimate of drug-likeness (QED) is 0.804. The molecular formula is C15H20ClN. The maximum Gasteiger partial charge on any atom is 0.0443 e. The van der Waals surface area contributed by atoms with Gasteiger partial charge >= 0.3 is 0 Å². The number of hydrogen-bond donors (Lipinski definition) is 1. The molecule has 1 heterocycles. The van der Waals surface area contributed by atoms with Gasteiger partial charge in [0, 0.05) is 5.02 Å². The fraction of sp³-hybridized carbons (Fsp3) is 0.600. The summed E-state index contributed by atoms with van der Waals surface area (Å²) < 4.78 is 0. The van der Waals surface area contributed by atoms with Crippen molar-refractivity contribution in [1.29, 1.82) is 0 Å². The lowest BCUT2D eigenvalue weighted by atomic mass is 9.88. The van der Waals surface area contributed by atoms with Crippen LogP contribution in [0.4, 0.5) is 0 Å². The van der Waals surface area contributed by atoms with Crippen molar-refractivity contribution in [3.8, 4) is 0 Å². The lowest BCUT2D eigenvalue weighted by Crippen LogP contribution is -2.16. The monoisotopic (exact) mass is 249 g/mol. The zero-order valence-electron chi connectivity index (χ0n) is 10.5. The van der Waals surface area contributed by atoms with Gasteiger partial charge in [-0.05, 0) is 79.4 Å². The van der Waals surface area contributed by atoms with Crippen molar-refractivity contribution in [3.05, 3.63) is 33.3 Å². The molecule has 17 heavy (non-hydrogen) atoms. The molecule has 1 aliphatic carbocycles. The Balaban J connectivity index is 2.16. The van der Waals surface area contributed by atoms with E-state index in [1.165, 1.54) is 36.8 Å². The summed E-state index contributed by atoms with van der Waals surface area (Å²) in [5.74, 6) is 0.760. The maximum atomic E-state index is 6.46. The molecule has 3 rings (SSSR count). The summed E-state index contributed by atoms with van der Waals surface area (Å²) in [6, 6.07) is 2.24. The maximum absolute atomic E-state index is 6.46. The van der Waals surface area contributed by atoms with Gasteiger partial charge < -0.3 is 5.32 Å². The van der Waals surface area contributed by atoms with Gasteiger partial charge in [-0.1, -0.05) is 18.5 Å². The molecule has 92 valence electrons. The van der Waals surface area contributed by atoms with Crippen molar-refractivity contribution in [1.82, 2.24) is 5.32 Å². The summed E-state index contributed by atoms with van der Waals surface area (Å²) in [5, 5.41) is 4.52. The molecule has 2 heteroatoms. The SMILES string of the molecule is CCC1CCc2c(Cl)cc3c(c21)CCNCC3. The molecule has 0 saturated heterocycles. The van der Waals surface area contributed by atoms with E-state index >= 15 is 0 Å². The van der Waals surface area contributed by atoms with Crippen LogP contribution in [-0.4, -0.2) is 13.1 Å². The predicted molar refractivity (Wildman–Crippen MR) is 73.1 cm³/mol. The van der Waals surface area contributed by atoms with E-state index in [2.05, 4.69) is 18.3 Å². The normalized spacial score (nSPS) is 23.1. The summed E-state index contributed by atoms with van der Waals surface area (Å²) in [6.07, 6.45) is 6.07. The van der Waals surface area contributed by atoms with E-state index in [0.717, 1.165) is 30.5 Å². The lowest BCUT2D eigenvalue weighted by molar-refractivity contribution is 0.648. The molecule has 0 fully saturated rings. The third-order valence-electron chi connectivity index (χ3n) is 4.39. The first-order valence-corrected chi connectivity index (χ1v) is 7.22. The molecule has 1 atom stereocenters. The van der Waals surface area contributed by atoms with E-state index in [1.807, 2.05) is 0 Å². The van der Waals surface area contributed by atoms with Gasteiger partial charge in [0.15, 0.2) is 0 Å². The zero-order valence-corrected chi connectivity index (χ0v) is 11.2. The summed E-state index contributed by atoms with van der Waals surface area (Å²) >= 11 is 6.46. The minimum absolute atomic E-state index is 0.760. The van der Waals surface area contributed by atoms with Crippen molar-refractivity contribution in [2.24, 2.45) is 0 Å². The van der Waals surface area contributed by atoms with Crippen molar-refractivity contribution in [3.63, 3.8) is 0 Å². The summed E-state index contributed by atoms with van der Waals surface area (Å²) in [6.45, 7) is 4.53. The first-order valence-electron chi connectivity index (χ1n) is 6.85. The third-order valence-corrected chi connectivity index (χ3v) is 4.73. The largest absolute Gasteiger partial charge is 0.316 e. The molecule has 0 bridgehead atoms. The van der Waals surface area contributed by atoms with Gasteiger partial charge in [-0.3, -0.25) is 0 Å². The molecule has 0 saturated carbocycles. The number of halogens is 1. The van der Waals surface area contributed by atoms with Crippen LogP contribution in [-0.2, 0) is 19.3 Å². The van der Waals surface area contributed by atoms with Crippen LogP contribution in [0.2, 0.25) is 5.02 Å². The summed E-state index contributed by atoms with van der Waals surface area (Å²) in [4.78, 5) is 0. The zero-order chi connectivity index (χ0) is 11.8. The molecule has 1 N–H and O–H groups in total. The molecule has 1 aromatic rings. The van der Waals surface area contributed by atoms with E-state index in [9.17, 15) is 0 Å².